The number of nitrogens with zero attached hydrogens (tertiary/aromatic N) is 5. The van der Waals surface area contributed by atoms with Crippen molar-refractivity contribution in [3.05, 3.63) is 82.2 Å². The van der Waals surface area contributed by atoms with Crippen molar-refractivity contribution in [2.75, 3.05) is 44.9 Å². The number of rotatable bonds is 10. The Bertz CT molecular complexity index is 1580. The van der Waals surface area contributed by atoms with Gasteiger partial charge in [0.15, 0.2) is 0 Å². The highest BCUT2D eigenvalue weighted by molar-refractivity contribution is 6.06. The third-order valence-corrected chi connectivity index (χ3v) is 8.06. The number of esters is 1. The summed E-state index contributed by atoms with van der Waals surface area (Å²) in [5.74, 6) is -0.709. The Morgan fingerprint density at radius 3 is 2.50 bits per heavy atom. The fourth-order valence-electron chi connectivity index (χ4n) is 5.73. The number of hydrogen-bond acceptors (Lipinski definition) is 8. The number of anilines is 2. The Morgan fingerprint density at radius 2 is 1.81 bits per heavy atom. The van der Waals surface area contributed by atoms with Crippen LogP contribution in [0.15, 0.2) is 60.9 Å². The van der Waals surface area contributed by atoms with Crippen molar-refractivity contribution in [2.45, 2.75) is 44.8 Å². The fourth-order valence-corrected chi connectivity index (χ4v) is 5.73. The van der Waals surface area contributed by atoms with Gasteiger partial charge in [0.1, 0.15) is 17.9 Å². The lowest BCUT2D eigenvalue weighted by Crippen LogP contribution is -2.30. The second-order valence-corrected chi connectivity index (χ2v) is 11.3. The van der Waals surface area contributed by atoms with Gasteiger partial charge in [0.05, 0.1) is 33.5 Å². The van der Waals surface area contributed by atoms with E-state index in [1.54, 1.807) is 6.07 Å². The predicted molar refractivity (Wildman–Crippen MR) is 166 cm³/mol. The summed E-state index contributed by atoms with van der Waals surface area (Å²) in [7, 11) is 5.76. The quantitative estimate of drug-likeness (QED) is 0.106. The molecule has 0 amide bonds. The molecule has 1 heterocycles. The van der Waals surface area contributed by atoms with E-state index in [-0.39, 0.29) is 23.5 Å². The second kappa shape index (κ2) is 12.6. The average molecular weight is 571 g/mol. The fraction of sp³-hybridized carbons (Fsp3) is 0.375. The lowest BCUT2D eigenvalue weighted by atomic mass is 9.95. The maximum Gasteiger partial charge on any atom is 0.342 e. The van der Waals surface area contributed by atoms with Crippen molar-refractivity contribution in [1.29, 1.82) is 0 Å². The largest absolute Gasteiger partial charge is 0.457 e. The van der Waals surface area contributed by atoms with Gasteiger partial charge < -0.3 is 24.8 Å². The highest BCUT2D eigenvalue weighted by Gasteiger charge is 2.31. The molecule has 1 saturated carbocycles. The molecule has 3 aromatic carbocycles. The summed E-state index contributed by atoms with van der Waals surface area (Å²) in [6, 6.07) is 17.1. The molecule has 10 heteroatoms. The van der Waals surface area contributed by atoms with Gasteiger partial charge in [-0.1, -0.05) is 55.7 Å². The second-order valence-electron chi connectivity index (χ2n) is 11.3. The van der Waals surface area contributed by atoms with Gasteiger partial charge in [0.2, 0.25) is 0 Å². The molecule has 42 heavy (non-hydrogen) atoms. The Morgan fingerprint density at radius 1 is 1.07 bits per heavy atom. The number of carbonyl (C=O) groups is 1. The summed E-state index contributed by atoms with van der Waals surface area (Å²) in [5, 5.41) is 12.5. The van der Waals surface area contributed by atoms with Gasteiger partial charge in [-0.3, -0.25) is 10.1 Å². The first-order valence-corrected chi connectivity index (χ1v) is 14.4. The first-order chi connectivity index (χ1) is 20.2. The molecule has 4 aromatic rings. The van der Waals surface area contributed by atoms with Gasteiger partial charge in [-0.2, -0.15) is 0 Å². The molecule has 2 N–H and O–H groups in total. The molecule has 220 valence electrons. The van der Waals surface area contributed by atoms with Crippen LogP contribution in [0.3, 0.4) is 0 Å². The molecular weight excluding hydrogens is 532 g/mol. The Kier molecular flexibility index (Phi) is 8.72. The zero-order valence-corrected chi connectivity index (χ0v) is 24.5. The topological polar surface area (TPSA) is 120 Å². The van der Waals surface area contributed by atoms with Gasteiger partial charge in [0, 0.05) is 26.2 Å². The van der Waals surface area contributed by atoms with Crippen LogP contribution in [0.1, 0.15) is 54.1 Å². The van der Waals surface area contributed by atoms with Crippen LogP contribution < -0.4 is 10.6 Å². The number of nitrogen functional groups attached to an aromatic ring is 1. The van der Waals surface area contributed by atoms with Crippen LogP contribution in [-0.4, -0.2) is 59.6 Å². The number of nitro benzene ring substituents is 1. The van der Waals surface area contributed by atoms with Gasteiger partial charge in [-0.15, -0.1) is 0 Å². The van der Waals surface area contributed by atoms with E-state index in [0.29, 0.717) is 35.9 Å². The van der Waals surface area contributed by atoms with E-state index in [1.807, 2.05) is 85.8 Å². The minimum atomic E-state index is -0.709. The molecule has 0 spiro atoms. The molecule has 0 aliphatic heterocycles. The zero-order valence-electron chi connectivity index (χ0n) is 24.5. The monoisotopic (exact) mass is 570 g/mol. The smallest absolute Gasteiger partial charge is 0.342 e. The SMILES string of the molecule is CN(C)CCN(C)c1cc(-c2ccc3c(c2)ncn3C2CCCCC2)c([N+](=O)[O-])c(N)c1C(=O)OCc1ccccc1. The number of benzene rings is 3. The summed E-state index contributed by atoms with van der Waals surface area (Å²) < 4.78 is 7.85. The van der Waals surface area contributed by atoms with E-state index >= 15 is 0 Å². The lowest BCUT2D eigenvalue weighted by molar-refractivity contribution is -0.383. The van der Waals surface area contributed by atoms with Crippen molar-refractivity contribution >= 4 is 34.1 Å². The minimum absolute atomic E-state index is 0.00899. The van der Waals surface area contributed by atoms with Crippen molar-refractivity contribution in [1.82, 2.24) is 14.5 Å². The van der Waals surface area contributed by atoms with Crippen molar-refractivity contribution in [2.24, 2.45) is 0 Å². The number of likely N-dealkylation sites (N-methyl/N-ethyl adjacent to an activating group) is 2. The van der Waals surface area contributed by atoms with Crippen LogP contribution in [0.4, 0.5) is 17.1 Å². The van der Waals surface area contributed by atoms with Crippen LogP contribution in [0.5, 0.6) is 0 Å². The van der Waals surface area contributed by atoms with E-state index in [2.05, 4.69) is 9.55 Å². The maximum absolute atomic E-state index is 13.5. The van der Waals surface area contributed by atoms with Gasteiger partial charge in [-0.25, -0.2) is 9.78 Å². The van der Waals surface area contributed by atoms with Crippen molar-refractivity contribution in [3.8, 4) is 11.1 Å². The van der Waals surface area contributed by atoms with Gasteiger partial charge in [0.25, 0.3) is 0 Å². The summed E-state index contributed by atoms with van der Waals surface area (Å²) in [5.41, 5.74) is 9.95. The number of aromatic nitrogens is 2. The van der Waals surface area contributed by atoms with Gasteiger partial charge in [-0.05, 0) is 56.3 Å². The first-order valence-electron chi connectivity index (χ1n) is 14.4. The standard InChI is InChI=1S/C32H38N6O4/c1-35(2)16-17-36(3)28-19-25(23-14-15-27-26(18-23)34-21-37(27)24-12-8-5-9-13-24)31(38(40)41)30(33)29(28)32(39)42-20-22-10-6-4-7-11-22/h4,6-7,10-11,14-15,18-19,21,24H,5,8-9,12-13,16-17,20,33H2,1-3H3. The summed E-state index contributed by atoms with van der Waals surface area (Å²) >= 11 is 0. The average Bonchev–Trinajstić information content (AvgIpc) is 3.42. The van der Waals surface area contributed by atoms with E-state index < -0.39 is 10.9 Å². The van der Waals surface area contributed by atoms with Crippen LogP contribution in [0.25, 0.3) is 22.2 Å². The molecule has 1 fully saturated rings. The third-order valence-electron chi connectivity index (χ3n) is 8.06. The molecule has 10 nitrogen and oxygen atoms in total. The number of carbonyl (C=O) groups excluding carboxylic acids is 1. The Labute approximate surface area is 245 Å². The molecule has 1 aromatic heterocycles. The van der Waals surface area contributed by atoms with E-state index in [4.69, 9.17) is 10.5 Å². The normalized spacial score (nSPS) is 13.9. The number of hydrogen-bond donors (Lipinski definition) is 1. The Balaban J connectivity index is 1.58. The number of nitro groups is 1. The van der Waals surface area contributed by atoms with Gasteiger partial charge >= 0.3 is 11.7 Å². The molecule has 5 rings (SSSR count). The number of ether oxygens (including phenoxy) is 1. The van der Waals surface area contributed by atoms with E-state index in [9.17, 15) is 14.9 Å². The third kappa shape index (κ3) is 6.08. The van der Waals surface area contributed by atoms with E-state index in [1.165, 1.54) is 19.3 Å². The number of imidazole rings is 1. The van der Waals surface area contributed by atoms with Crippen molar-refractivity contribution < 1.29 is 14.5 Å². The minimum Gasteiger partial charge on any atom is -0.457 e. The molecule has 1 aliphatic rings. The predicted octanol–water partition coefficient (Wildman–Crippen LogP) is 6.05. The molecule has 0 radical (unpaired) electrons. The van der Waals surface area contributed by atoms with Crippen LogP contribution in [0.2, 0.25) is 0 Å². The summed E-state index contributed by atoms with van der Waals surface area (Å²) in [4.78, 5) is 34.0. The molecule has 0 saturated heterocycles. The van der Waals surface area contributed by atoms with E-state index in [0.717, 1.165) is 29.4 Å². The highest BCUT2D eigenvalue weighted by atomic mass is 16.6. The van der Waals surface area contributed by atoms with Crippen LogP contribution in [-0.2, 0) is 11.3 Å². The van der Waals surface area contributed by atoms with Crippen LogP contribution >= 0.6 is 0 Å². The summed E-state index contributed by atoms with van der Waals surface area (Å²) in [6.45, 7) is 1.29. The molecule has 0 unspecified atom stereocenters. The number of fused-ring (bicyclic) bond motifs is 1. The molecule has 0 atom stereocenters. The first kappa shape index (κ1) is 29.1. The lowest BCUT2D eigenvalue weighted by Gasteiger charge is -2.25. The Hall–Kier alpha value is -4.44. The molecular formula is C32H38N6O4. The number of nitrogens with two attached hydrogens (primary N) is 1. The zero-order chi connectivity index (χ0) is 29.8. The van der Waals surface area contributed by atoms with Crippen LogP contribution in [0, 0.1) is 10.1 Å². The molecule has 0 bridgehead atoms. The maximum atomic E-state index is 13.5. The van der Waals surface area contributed by atoms with Crippen molar-refractivity contribution in [3.63, 3.8) is 0 Å². The molecule has 1 aliphatic carbocycles. The summed E-state index contributed by atoms with van der Waals surface area (Å²) in [6.07, 6.45) is 7.80. The highest BCUT2D eigenvalue weighted by Crippen LogP contribution is 2.43.